The molecule has 3 nitrogen and oxygen atoms in total. The Kier molecular flexibility index (Phi) is 3.31. The van der Waals surface area contributed by atoms with Crippen LogP contribution in [0.5, 0.6) is 0 Å². The predicted molar refractivity (Wildman–Crippen MR) is 48.4 cm³/mol. The van der Waals surface area contributed by atoms with E-state index in [1.807, 2.05) is 0 Å². The molecule has 0 bridgehead atoms. The summed E-state index contributed by atoms with van der Waals surface area (Å²) in [6, 6.07) is 0. The van der Waals surface area contributed by atoms with E-state index in [1.165, 1.54) is 7.11 Å². The molecule has 4 heteroatoms. The van der Waals surface area contributed by atoms with Crippen molar-refractivity contribution < 1.29 is 14.3 Å². The molecular formula is C9H13ClO3. The van der Waals surface area contributed by atoms with Crippen LogP contribution in [0, 0.1) is 5.41 Å². The molecule has 0 spiro atoms. The highest BCUT2D eigenvalue weighted by molar-refractivity contribution is 6.63. The quantitative estimate of drug-likeness (QED) is 0.521. The smallest absolute Gasteiger partial charge is 0.312 e. The van der Waals surface area contributed by atoms with Gasteiger partial charge in [0.15, 0.2) is 0 Å². The first-order valence-electron chi connectivity index (χ1n) is 4.37. The van der Waals surface area contributed by atoms with Gasteiger partial charge in [-0.05, 0) is 24.4 Å². The van der Waals surface area contributed by atoms with Gasteiger partial charge in [0.1, 0.15) is 0 Å². The molecule has 0 saturated heterocycles. The summed E-state index contributed by atoms with van der Waals surface area (Å²) in [6.07, 6.45) is 3.50. The summed E-state index contributed by atoms with van der Waals surface area (Å²) in [5, 5.41) is -0.452. The minimum atomic E-state index is -0.617. The fourth-order valence-electron chi connectivity index (χ4n) is 1.99. The summed E-state index contributed by atoms with van der Waals surface area (Å²) in [7, 11) is 1.35. The van der Waals surface area contributed by atoms with E-state index in [-0.39, 0.29) is 12.4 Å². The molecule has 1 aliphatic carbocycles. The van der Waals surface area contributed by atoms with Crippen molar-refractivity contribution in [1.29, 1.82) is 0 Å². The molecule has 1 fully saturated rings. The molecule has 74 valence electrons. The van der Waals surface area contributed by atoms with Crippen molar-refractivity contribution in [2.24, 2.45) is 5.41 Å². The van der Waals surface area contributed by atoms with E-state index in [9.17, 15) is 9.59 Å². The van der Waals surface area contributed by atoms with Gasteiger partial charge in [-0.3, -0.25) is 9.59 Å². The molecule has 0 radical (unpaired) electrons. The summed E-state index contributed by atoms with van der Waals surface area (Å²) in [6.45, 7) is 0. The lowest BCUT2D eigenvalue weighted by molar-refractivity contribution is -0.154. The average molecular weight is 205 g/mol. The van der Waals surface area contributed by atoms with Gasteiger partial charge >= 0.3 is 5.97 Å². The molecule has 1 aliphatic rings. The zero-order chi connectivity index (χ0) is 9.90. The maximum absolute atomic E-state index is 11.4. The van der Waals surface area contributed by atoms with Crippen molar-refractivity contribution in [3.63, 3.8) is 0 Å². The van der Waals surface area contributed by atoms with E-state index in [0.717, 1.165) is 25.7 Å². The Morgan fingerprint density at radius 2 is 1.92 bits per heavy atom. The van der Waals surface area contributed by atoms with E-state index in [1.54, 1.807) is 0 Å². The fraction of sp³-hybridized carbons (Fsp3) is 0.778. The number of ether oxygens (including phenoxy) is 1. The van der Waals surface area contributed by atoms with Gasteiger partial charge in [-0.2, -0.15) is 0 Å². The standard InChI is InChI=1S/C9H13ClO3/c1-13-8(12)9(6-7(10)11)4-2-3-5-9/h2-6H2,1H3. The molecule has 0 heterocycles. The number of hydrogen-bond donors (Lipinski definition) is 0. The molecule has 1 saturated carbocycles. The highest BCUT2D eigenvalue weighted by Gasteiger charge is 2.43. The minimum Gasteiger partial charge on any atom is -0.469 e. The molecule has 0 amide bonds. The third-order valence-electron chi connectivity index (χ3n) is 2.66. The van der Waals surface area contributed by atoms with Crippen LogP contribution in [-0.2, 0) is 14.3 Å². The Bertz CT molecular complexity index is 219. The molecule has 0 N–H and O–H groups in total. The maximum atomic E-state index is 11.4. The normalized spacial score (nSPS) is 19.8. The van der Waals surface area contributed by atoms with Crippen LogP contribution in [0.2, 0.25) is 0 Å². The second kappa shape index (κ2) is 4.09. The second-order valence-electron chi connectivity index (χ2n) is 3.51. The fourth-order valence-corrected chi connectivity index (χ4v) is 2.24. The highest BCUT2D eigenvalue weighted by atomic mass is 35.5. The van der Waals surface area contributed by atoms with Crippen LogP contribution >= 0.6 is 11.6 Å². The van der Waals surface area contributed by atoms with Gasteiger partial charge in [0.05, 0.1) is 12.5 Å². The number of hydrogen-bond acceptors (Lipinski definition) is 3. The van der Waals surface area contributed by atoms with Crippen LogP contribution in [0.15, 0.2) is 0 Å². The topological polar surface area (TPSA) is 43.4 Å². The number of rotatable bonds is 3. The van der Waals surface area contributed by atoms with E-state index in [4.69, 9.17) is 11.6 Å². The first kappa shape index (κ1) is 10.5. The lowest BCUT2D eigenvalue weighted by Gasteiger charge is -2.23. The van der Waals surface area contributed by atoms with Gasteiger partial charge in [-0.15, -0.1) is 0 Å². The maximum Gasteiger partial charge on any atom is 0.312 e. The van der Waals surface area contributed by atoms with Crippen LogP contribution in [0.4, 0.5) is 0 Å². The van der Waals surface area contributed by atoms with Crippen LogP contribution in [0.1, 0.15) is 32.1 Å². The zero-order valence-corrected chi connectivity index (χ0v) is 8.39. The van der Waals surface area contributed by atoms with E-state index < -0.39 is 10.7 Å². The van der Waals surface area contributed by atoms with Crippen molar-refractivity contribution in [2.75, 3.05) is 7.11 Å². The largest absolute Gasteiger partial charge is 0.469 e. The number of carbonyl (C=O) groups is 2. The summed E-state index contributed by atoms with van der Waals surface area (Å²) in [5.74, 6) is -0.293. The van der Waals surface area contributed by atoms with Crippen molar-refractivity contribution >= 4 is 22.8 Å². The van der Waals surface area contributed by atoms with Crippen LogP contribution in [0.3, 0.4) is 0 Å². The summed E-state index contributed by atoms with van der Waals surface area (Å²) in [4.78, 5) is 22.2. The molecule has 0 aromatic heterocycles. The Hall–Kier alpha value is -0.570. The SMILES string of the molecule is COC(=O)C1(CC(=O)Cl)CCCC1. The van der Waals surface area contributed by atoms with E-state index >= 15 is 0 Å². The van der Waals surface area contributed by atoms with Crippen molar-refractivity contribution in [2.45, 2.75) is 32.1 Å². The molecule has 0 aromatic carbocycles. The summed E-state index contributed by atoms with van der Waals surface area (Å²) in [5.41, 5.74) is -0.617. The predicted octanol–water partition coefficient (Wildman–Crippen LogP) is 1.88. The first-order valence-corrected chi connectivity index (χ1v) is 4.75. The van der Waals surface area contributed by atoms with Gasteiger partial charge in [0.25, 0.3) is 0 Å². The molecule has 0 unspecified atom stereocenters. The zero-order valence-electron chi connectivity index (χ0n) is 7.64. The third-order valence-corrected chi connectivity index (χ3v) is 2.79. The van der Waals surface area contributed by atoms with Crippen molar-refractivity contribution in [3.05, 3.63) is 0 Å². The molecule has 1 rings (SSSR count). The average Bonchev–Trinajstić information content (AvgIpc) is 2.51. The Morgan fingerprint density at radius 1 is 1.38 bits per heavy atom. The van der Waals surface area contributed by atoms with Gasteiger partial charge in [0.2, 0.25) is 5.24 Å². The van der Waals surface area contributed by atoms with Crippen molar-refractivity contribution in [3.8, 4) is 0 Å². The van der Waals surface area contributed by atoms with Crippen LogP contribution in [0.25, 0.3) is 0 Å². The lowest BCUT2D eigenvalue weighted by Crippen LogP contribution is -2.30. The highest BCUT2D eigenvalue weighted by Crippen LogP contribution is 2.42. The minimum absolute atomic E-state index is 0.112. The molecule has 0 aromatic rings. The number of methoxy groups -OCH3 is 1. The summed E-state index contributed by atoms with van der Waals surface area (Å²) >= 11 is 5.30. The van der Waals surface area contributed by atoms with Gasteiger partial charge < -0.3 is 4.74 Å². The molecule has 13 heavy (non-hydrogen) atoms. The molecule has 0 aliphatic heterocycles. The van der Waals surface area contributed by atoms with Gasteiger partial charge in [-0.25, -0.2) is 0 Å². The first-order chi connectivity index (χ1) is 6.10. The molecule has 0 atom stereocenters. The van der Waals surface area contributed by atoms with Crippen molar-refractivity contribution in [1.82, 2.24) is 0 Å². The van der Waals surface area contributed by atoms with Crippen LogP contribution in [-0.4, -0.2) is 18.3 Å². The number of esters is 1. The third kappa shape index (κ3) is 2.21. The Labute approximate surface area is 82.4 Å². The second-order valence-corrected chi connectivity index (χ2v) is 3.93. The molecular weight excluding hydrogens is 192 g/mol. The lowest BCUT2D eigenvalue weighted by atomic mass is 9.83. The monoisotopic (exact) mass is 204 g/mol. The van der Waals surface area contributed by atoms with E-state index in [0.29, 0.717) is 0 Å². The van der Waals surface area contributed by atoms with Crippen LogP contribution < -0.4 is 0 Å². The number of halogens is 1. The summed E-state index contributed by atoms with van der Waals surface area (Å²) < 4.78 is 4.69. The van der Waals surface area contributed by atoms with Gasteiger partial charge in [0, 0.05) is 6.42 Å². The Morgan fingerprint density at radius 3 is 2.31 bits per heavy atom. The number of carbonyl (C=O) groups excluding carboxylic acids is 2. The van der Waals surface area contributed by atoms with E-state index in [2.05, 4.69) is 4.74 Å². The Balaban J connectivity index is 2.74. The van der Waals surface area contributed by atoms with Gasteiger partial charge in [-0.1, -0.05) is 12.8 Å².